The molecule has 3 N–H and O–H groups in total. The highest BCUT2D eigenvalue weighted by Crippen LogP contribution is 2.26. The summed E-state index contributed by atoms with van der Waals surface area (Å²) < 4.78 is 0. The third kappa shape index (κ3) is 5.04. The second-order valence-electron chi connectivity index (χ2n) is 5.17. The van der Waals surface area contributed by atoms with Gasteiger partial charge in [-0.05, 0) is 25.8 Å². The molecule has 1 rings (SSSR count). The van der Waals surface area contributed by atoms with Crippen LogP contribution in [0.1, 0.15) is 39.0 Å². The van der Waals surface area contributed by atoms with E-state index in [-0.39, 0.29) is 17.9 Å². The standard InChI is InChI=1S/C13H26N2O2/c1-10(8-14-2)13(17)15-9-12(16)11-6-4-3-5-7-11/h10-12,14,16H,3-9H2,1-2H3,(H,15,17). The molecule has 1 amide bonds. The maximum absolute atomic E-state index is 11.7. The summed E-state index contributed by atoms with van der Waals surface area (Å²) >= 11 is 0. The lowest BCUT2D eigenvalue weighted by Gasteiger charge is -2.27. The Morgan fingerprint density at radius 1 is 1.29 bits per heavy atom. The number of hydrogen-bond acceptors (Lipinski definition) is 3. The average Bonchev–Trinajstić information content (AvgIpc) is 2.36. The van der Waals surface area contributed by atoms with Crippen molar-refractivity contribution >= 4 is 5.91 Å². The Kier molecular flexibility index (Phi) is 6.52. The fourth-order valence-electron chi connectivity index (χ4n) is 2.46. The first kappa shape index (κ1) is 14.5. The summed E-state index contributed by atoms with van der Waals surface area (Å²) in [5.74, 6) is 0.358. The molecule has 0 spiro atoms. The molecule has 1 fully saturated rings. The van der Waals surface area contributed by atoms with Crippen LogP contribution < -0.4 is 10.6 Å². The van der Waals surface area contributed by atoms with Crippen LogP contribution in [0.3, 0.4) is 0 Å². The molecule has 0 bridgehead atoms. The van der Waals surface area contributed by atoms with E-state index in [1.54, 1.807) is 0 Å². The van der Waals surface area contributed by atoms with Gasteiger partial charge in [-0.2, -0.15) is 0 Å². The van der Waals surface area contributed by atoms with Gasteiger partial charge in [0, 0.05) is 19.0 Å². The molecule has 0 saturated heterocycles. The number of amides is 1. The van der Waals surface area contributed by atoms with Crippen molar-refractivity contribution in [2.75, 3.05) is 20.1 Å². The molecule has 2 unspecified atom stereocenters. The molecule has 2 atom stereocenters. The first-order chi connectivity index (χ1) is 8.15. The SMILES string of the molecule is CNCC(C)C(=O)NCC(O)C1CCCCC1. The Morgan fingerprint density at radius 2 is 1.94 bits per heavy atom. The summed E-state index contributed by atoms with van der Waals surface area (Å²) in [6.07, 6.45) is 5.54. The molecule has 17 heavy (non-hydrogen) atoms. The van der Waals surface area contributed by atoms with Crippen molar-refractivity contribution in [1.82, 2.24) is 10.6 Å². The van der Waals surface area contributed by atoms with Crippen LogP contribution in [0.5, 0.6) is 0 Å². The summed E-state index contributed by atoms with van der Waals surface area (Å²) in [5.41, 5.74) is 0. The van der Waals surface area contributed by atoms with Crippen LogP contribution in [0.25, 0.3) is 0 Å². The molecular weight excluding hydrogens is 216 g/mol. The van der Waals surface area contributed by atoms with Crippen LogP contribution in [-0.4, -0.2) is 37.3 Å². The van der Waals surface area contributed by atoms with Crippen LogP contribution in [0.4, 0.5) is 0 Å². The zero-order chi connectivity index (χ0) is 12.7. The molecule has 0 aromatic carbocycles. The Bertz CT molecular complexity index is 227. The van der Waals surface area contributed by atoms with Crippen molar-refractivity contribution < 1.29 is 9.90 Å². The Hall–Kier alpha value is -0.610. The van der Waals surface area contributed by atoms with Crippen LogP contribution in [0, 0.1) is 11.8 Å². The van der Waals surface area contributed by atoms with Crippen LogP contribution in [0.15, 0.2) is 0 Å². The number of aliphatic hydroxyl groups is 1. The molecule has 0 aromatic rings. The molecule has 4 nitrogen and oxygen atoms in total. The van der Waals surface area contributed by atoms with Gasteiger partial charge in [0.25, 0.3) is 0 Å². The first-order valence-corrected chi connectivity index (χ1v) is 6.75. The van der Waals surface area contributed by atoms with Crippen molar-refractivity contribution in [2.24, 2.45) is 11.8 Å². The Morgan fingerprint density at radius 3 is 2.53 bits per heavy atom. The maximum Gasteiger partial charge on any atom is 0.224 e. The minimum Gasteiger partial charge on any atom is -0.391 e. The molecule has 100 valence electrons. The van der Waals surface area contributed by atoms with Crippen molar-refractivity contribution in [2.45, 2.75) is 45.1 Å². The van der Waals surface area contributed by atoms with Gasteiger partial charge in [-0.1, -0.05) is 26.2 Å². The van der Waals surface area contributed by atoms with E-state index in [9.17, 15) is 9.90 Å². The summed E-state index contributed by atoms with van der Waals surface area (Å²) in [4.78, 5) is 11.7. The van der Waals surface area contributed by atoms with Crippen molar-refractivity contribution in [3.05, 3.63) is 0 Å². The number of aliphatic hydroxyl groups excluding tert-OH is 1. The molecule has 0 aromatic heterocycles. The minimum atomic E-state index is -0.374. The van der Waals surface area contributed by atoms with Crippen LogP contribution >= 0.6 is 0 Å². The summed E-state index contributed by atoms with van der Waals surface area (Å²) in [6.45, 7) is 2.96. The van der Waals surface area contributed by atoms with Crippen molar-refractivity contribution in [3.8, 4) is 0 Å². The van der Waals surface area contributed by atoms with Crippen molar-refractivity contribution in [3.63, 3.8) is 0 Å². The van der Waals surface area contributed by atoms with Crippen molar-refractivity contribution in [1.29, 1.82) is 0 Å². The Labute approximate surface area is 104 Å². The van der Waals surface area contributed by atoms with E-state index < -0.39 is 0 Å². The predicted molar refractivity (Wildman–Crippen MR) is 68.7 cm³/mol. The van der Waals surface area contributed by atoms with E-state index in [1.807, 2.05) is 14.0 Å². The van der Waals surface area contributed by atoms with Gasteiger partial charge in [0.15, 0.2) is 0 Å². The largest absolute Gasteiger partial charge is 0.391 e. The first-order valence-electron chi connectivity index (χ1n) is 6.75. The van der Waals surface area contributed by atoms with Gasteiger partial charge in [-0.25, -0.2) is 0 Å². The van der Waals surface area contributed by atoms with Gasteiger partial charge >= 0.3 is 0 Å². The predicted octanol–water partition coefficient (Wildman–Crippen LogP) is 0.899. The number of carbonyl (C=O) groups excluding carboxylic acids is 1. The second kappa shape index (κ2) is 7.67. The molecule has 1 saturated carbocycles. The van der Waals surface area contributed by atoms with Gasteiger partial charge in [0.2, 0.25) is 5.91 Å². The summed E-state index contributed by atoms with van der Waals surface area (Å²) in [5, 5.41) is 15.8. The van der Waals surface area contributed by atoms with Gasteiger partial charge in [-0.15, -0.1) is 0 Å². The highest BCUT2D eigenvalue weighted by atomic mass is 16.3. The lowest BCUT2D eigenvalue weighted by atomic mass is 9.85. The van der Waals surface area contributed by atoms with Gasteiger partial charge in [-0.3, -0.25) is 4.79 Å². The second-order valence-corrected chi connectivity index (χ2v) is 5.17. The van der Waals surface area contributed by atoms with Gasteiger partial charge in [0.1, 0.15) is 0 Å². The van der Waals surface area contributed by atoms with E-state index in [1.165, 1.54) is 19.3 Å². The third-order valence-electron chi connectivity index (χ3n) is 3.64. The molecule has 0 aliphatic heterocycles. The highest BCUT2D eigenvalue weighted by molar-refractivity contribution is 5.78. The minimum absolute atomic E-state index is 0.0224. The van der Waals surface area contributed by atoms with Gasteiger partial charge in [0.05, 0.1) is 6.10 Å². The van der Waals surface area contributed by atoms with E-state index in [2.05, 4.69) is 10.6 Å². The van der Waals surface area contributed by atoms with E-state index in [0.29, 0.717) is 19.0 Å². The molecule has 4 heteroatoms. The number of nitrogens with one attached hydrogen (secondary N) is 2. The highest BCUT2D eigenvalue weighted by Gasteiger charge is 2.22. The molecule has 0 radical (unpaired) electrons. The molecule has 1 aliphatic rings. The maximum atomic E-state index is 11.7. The molecular formula is C13H26N2O2. The fourth-order valence-corrected chi connectivity index (χ4v) is 2.46. The normalized spacial score (nSPS) is 20.9. The fraction of sp³-hybridized carbons (Fsp3) is 0.923. The lowest BCUT2D eigenvalue weighted by molar-refractivity contribution is -0.125. The van der Waals surface area contributed by atoms with Crippen LogP contribution in [-0.2, 0) is 4.79 Å². The zero-order valence-electron chi connectivity index (χ0n) is 11.0. The number of rotatable bonds is 6. The monoisotopic (exact) mass is 242 g/mol. The molecule has 0 heterocycles. The van der Waals surface area contributed by atoms with Gasteiger partial charge < -0.3 is 15.7 Å². The van der Waals surface area contributed by atoms with Crippen LogP contribution in [0.2, 0.25) is 0 Å². The summed E-state index contributed by atoms with van der Waals surface area (Å²) in [6, 6.07) is 0. The molecule has 1 aliphatic carbocycles. The smallest absolute Gasteiger partial charge is 0.224 e. The number of carbonyl (C=O) groups is 1. The quantitative estimate of drug-likeness (QED) is 0.648. The van der Waals surface area contributed by atoms with E-state index >= 15 is 0 Å². The third-order valence-corrected chi connectivity index (χ3v) is 3.64. The lowest BCUT2D eigenvalue weighted by Crippen LogP contribution is -2.41. The zero-order valence-corrected chi connectivity index (χ0v) is 11.0. The Balaban J connectivity index is 2.22. The topological polar surface area (TPSA) is 61.4 Å². The van der Waals surface area contributed by atoms with E-state index in [4.69, 9.17) is 0 Å². The average molecular weight is 242 g/mol. The number of hydrogen-bond donors (Lipinski definition) is 3. The summed E-state index contributed by atoms with van der Waals surface area (Å²) in [7, 11) is 1.83. The van der Waals surface area contributed by atoms with E-state index in [0.717, 1.165) is 12.8 Å².